The molecule has 0 saturated carbocycles. The normalized spacial score (nSPS) is 11.2. The van der Waals surface area contributed by atoms with Crippen molar-refractivity contribution in [2.45, 2.75) is 0 Å². The first kappa shape index (κ1) is 20.7. The SMILES string of the molecule is [Cr].c1ccc2c([Si](c3cccc4ccccc34)c3cccc4ccccc34)cccc2c1. The Kier molecular flexibility index (Phi) is 5.68. The molecule has 0 saturated heterocycles. The van der Waals surface area contributed by atoms with E-state index in [0.717, 1.165) is 0 Å². The zero-order valence-corrected chi connectivity index (χ0v) is 19.8. The Morgan fingerprint density at radius 1 is 0.312 bits per heavy atom. The monoisotopic (exact) mass is 461 g/mol. The zero-order chi connectivity index (χ0) is 20.6. The van der Waals surface area contributed by atoms with Crippen molar-refractivity contribution in [3.8, 4) is 0 Å². The van der Waals surface area contributed by atoms with E-state index in [1.165, 1.54) is 47.9 Å². The van der Waals surface area contributed by atoms with E-state index < -0.39 is 8.80 Å². The summed E-state index contributed by atoms with van der Waals surface area (Å²) in [4.78, 5) is 0. The van der Waals surface area contributed by atoms with E-state index in [1.807, 2.05) is 0 Å². The molecule has 0 spiro atoms. The standard InChI is InChI=1S/C30H21Si.Cr/c1-4-16-25-22(10-1)13-7-19-28(25)31(29-20-8-14-23-11-2-5-17-26(23)29)30-21-9-15-24-12-3-6-18-27(24)30;/h1-21H;. The van der Waals surface area contributed by atoms with Crippen LogP contribution >= 0.6 is 0 Å². The van der Waals surface area contributed by atoms with Crippen LogP contribution in [0, 0.1) is 0 Å². The van der Waals surface area contributed by atoms with Gasteiger partial charge in [-0.2, -0.15) is 0 Å². The Labute approximate surface area is 200 Å². The molecule has 6 rings (SSSR count). The van der Waals surface area contributed by atoms with Crippen molar-refractivity contribution in [3.05, 3.63) is 127 Å². The first-order valence-electron chi connectivity index (χ1n) is 10.7. The molecule has 0 fully saturated rings. The molecule has 32 heavy (non-hydrogen) atoms. The molecule has 0 N–H and O–H groups in total. The van der Waals surface area contributed by atoms with Gasteiger partial charge in [-0.25, -0.2) is 0 Å². The molecule has 0 atom stereocenters. The number of fused-ring (bicyclic) bond motifs is 3. The second-order valence-corrected chi connectivity index (χ2v) is 10.3. The maximum Gasteiger partial charge on any atom is 0.156 e. The van der Waals surface area contributed by atoms with E-state index in [2.05, 4.69) is 127 Å². The fraction of sp³-hybridized carbons (Fsp3) is 0. The van der Waals surface area contributed by atoms with Gasteiger partial charge in [-0.15, -0.1) is 0 Å². The number of rotatable bonds is 3. The van der Waals surface area contributed by atoms with Gasteiger partial charge in [0, 0.05) is 17.4 Å². The van der Waals surface area contributed by atoms with Crippen LogP contribution in [0.5, 0.6) is 0 Å². The summed E-state index contributed by atoms with van der Waals surface area (Å²) in [5, 5.41) is 12.4. The fourth-order valence-corrected chi connectivity index (χ4v) is 7.92. The van der Waals surface area contributed by atoms with Gasteiger partial charge in [-0.3, -0.25) is 0 Å². The van der Waals surface area contributed by atoms with Gasteiger partial charge in [-0.1, -0.05) is 127 Å². The number of benzene rings is 6. The molecular formula is C30H21CrSi. The molecule has 0 unspecified atom stereocenters. The first-order valence-corrected chi connectivity index (χ1v) is 12.2. The maximum atomic E-state index is 2.35. The van der Waals surface area contributed by atoms with Crippen LogP contribution in [0.4, 0.5) is 0 Å². The average molecular weight is 462 g/mol. The summed E-state index contributed by atoms with van der Waals surface area (Å²) >= 11 is 0. The fourth-order valence-electron chi connectivity index (χ4n) is 4.77. The Bertz CT molecular complexity index is 1350. The van der Waals surface area contributed by atoms with Crippen LogP contribution in [0.3, 0.4) is 0 Å². The van der Waals surface area contributed by atoms with E-state index >= 15 is 0 Å². The molecule has 6 aromatic carbocycles. The van der Waals surface area contributed by atoms with Crippen molar-refractivity contribution in [2.24, 2.45) is 0 Å². The molecule has 0 aliphatic carbocycles. The predicted octanol–water partition coefficient (Wildman–Crippen LogP) is 5.66. The van der Waals surface area contributed by atoms with Gasteiger partial charge in [-0.05, 0) is 47.9 Å². The van der Waals surface area contributed by atoms with E-state index in [-0.39, 0.29) is 17.4 Å². The Morgan fingerprint density at radius 3 is 0.938 bits per heavy atom. The molecule has 0 amide bonds. The van der Waals surface area contributed by atoms with Crippen LogP contribution in [-0.2, 0) is 17.4 Å². The minimum absolute atomic E-state index is 0. The quantitative estimate of drug-likeness (QED) is 0.236. The van der Waals surface area contributed by atoms with Crippen LogP contribution in [-0.4, -0.2) is 8.80 Å². The van der Waals surface area contributed by atoms with E-state index in [4.69, 9.17) is 0 Å². The van der Waals surface area contributed by atoms with Crippen LogP contribution < -0.4 is 15.6 Å². The van der Waals surface area contributed by atoms with Gasteiger partial charge in [0.15, 0.2) is 8.80 Å². The first-order chi connectivity index (χ1) is 15.4. The molecule has 6 aromatic rings. The Morgan fingerprint density at radius 2 is 0.594 bits per heavy atom. The third kappa shape index (κ3) is 3.48. The summed E-state index contributed by atoms with van der Waals surface area (Å²) in [5.41, 5.74) is 0. The third-order valence-corrected chi connectivity index (χ3v) is 9.10. The maximum absolute atomic E-state index is 2.35. The minimum Gasteiger partial charge on any atom is -0.0618 e. The van der Waals surface area contributed by atoms with Crippen molar-refractivity contribution in [1.29, 1.82) is 0 Å². The van der Waals surface area contributed by atoms with Crippen molar-refractivity contribution >= 4 is 56.7 Å². The summed E-state index contributed by atoms with van der Waals surface area (Å²) in [6.45, 7) is 0. The smallest absolute Gasteiger partial charge is 0.0618 e. The second-order valence-electron chi connectivity index (χ2n) is 7.96. The van der Waals surface area contributed by atoms with Crippen LogP contribution in [0.2, 0.25) is 0 Å². The van der Waals surface area contributed by atoms with Crippen LogP contribution in [0.25, 0.3) is 32.3 Å². The molecule has 0 aromatic heterocycles. The number of hydrogen-bond donors (Lipinski definition) is 0. The molecular weight excluding hydrogens is 440 g/mol. The zero-order valence-electron chi connectivity index (χ0n) is 17.5. The molecule has 0 nitrogen and oxygen atoms in total. The van der Waals surface area contributed by atoms with Gasteiger partial charge in [0.2, 0.25) is 0 Å². The van der Waals surface area contributed by atoms with Crippen molar-refractivity contribution in [3.63, 3.8) is 0 Å². The van der Waals surface area contributed by atoms with Gasteiger partial charge in [0.1, 0.15) is 0 Å². The van der Waals surface area contributed by atoms with Crippen molar-refractivity contribution in [2.75, 3.05) is 0 Å². The van der Waals surface area contributed by atoms with Crippen LogP contribution in [0.1, 0.15) is 0 Å². The molecule has 0 bridgehead atoms. The van der Waals surface area contributed by atoms with E-state index in [1.54, 1.807) is 0 Å². The molecule has 0 aliphatic rings. The van der Waals surface area contributed by atoms with E-state index in [9.17, 15) is 0 Å². The van der Waals surface area contributed by atoms with Gasteiger partial charge < -0.3 is 0 Å². The molecule has 2 heteroatoms. The summed E-state index contributed by atoms with van der Waals surface area (Å²) in [6, 6.07) is 46.8. The molecule has 151 valence electrons. The number of hydrogen-bond acceptors (Lipinski definition) is 0. The Balaban J connectivity index is 0.00000216. The summed E-state index contributed by atoms with van der Waals surface area (Å²) in [7, 11) is -1.25. The van der Waals surface area contributed by atoms with Gasteiger partial charge >= 0.3 is 0 Å². The minimum atomic E-state index is -1.25. The molecule has 0 aliphatic heterocycles. The van der Waals surface area contributed by atoms with E-state index in [0.29, 0.717) is 0 Å². The second kappa shape index (κ2) is 8.77. The van der Waals surface area contributed by atoms with Crippen molar-refractivity contribution in [1.82, 2.24) is 0 Å². The topological polar surface area (TPSA) is 0 Å². The van der Waals surface area contributed by atoms with Crippen LogP contribution in [0.15, 0.2) is 127 Å². The average Bonchev–Trinajstić information content (AvgIpc) is 2.85. The van der Waals surface area contributed by atoms with Gasteiger partial charge in [0.25, 0.3) is 0 Å². The third-order valence-electron chi connectivity index (χ3n) is 6.18. The predicted molar refractivity (Wildman–Crippen MR) is 136 cm³/mol. The molecule has 1 radical (unpaired) electrons. The summed E-state index contributed by atoms with van der Waals surface area (Å²) in [5.74, 6) is 0. The Hall–Kier alpha value is -3.15. The summed E-state index contributed by atoms with van der Waals surface area (Å²) < 4.78 is 0. The van der Waals surface area contributed by atoms with Gasteiger partial charge in [0.05, 0.1) is 0 Å². The largest absolute Gasteiger partial charge is 0.156 e. The summed E-state index contributed by atoms with van der Waals surface area (Å²) in [6.07, 6.45) is 0. The molecule has 0 heterocycles. The van der Waals surface area contributed by atoms with Crippen molar-refractivity contribution < 1.29 is 17.4 Å².